The molecule has 1 fully saturated rings. The van der Waals surface area contributed by atoms with Crippen molar-refractivity contribution in [3.05, 3.63) is 11.9 Å². The SMILES string of the molecule is CC(C)CCN(Cc1cn(CCN)nn1)C1CC1. The van der Waals surface area contributed by atoms with Crippen LogP contribution < -0.4 is 5.73 Å². The Morgan fingerprint density at radius 1 is 1.50 bits per heavy atom. The molecule has 0 aliphatic heterocycles. The summed E-state index contributed by atoms with van der Waals surface area (Å²) >= 11 is 0. The number of nitrogens with zero attached hydrogens (tertiary/aromatic N) is 4. The summed E-state index contributed by atoms with van der Waals surface area (Å²) in [7, 11) is 0. The number of rotatable bonds is 8. The second-order valence-corrected chi connectivity index (χ2v) is 5.65. The zero-order valence-electron chi connectivity index (χ0n) is 11.5. The molecule has 1 aromatic heterocycles. The van der Waals surface area contributed by atoms with Crippen molar-refractivity contribution < 1.29 is 0 Å². The smallest absolute Gasteiger partial charge is 0.0967 e. The molecule has 2 rings (SSSR count). The van der Waals surface area contributed by atoms with Crippen LogP contribution in [-0.2, 0) is 13.1 Å². The van der Waals surface area contributed by atoms with E-state index in [1.54, 1.807) is 0 Å². The van der Waals surface area contributed by atoms with Gasteiger partial charge in [0.05, 0.1) is 12.2 Å². The van der Waals surface area contributed by atoms with E-state index < -0.39 is 0 Å². The first kappa shape index (κ1) is 13.5. The summed E-state index contributed by atoms with van der Waals surface area (Å²) in [5, 5.41) is 8.32. The maximum absolute atomic E-state index is 5.51. The van der Waals surface area contributed by atoms with Gasteiger partial charge in [0.15, 0.2) is 0 Å². The summed E-state index contributed by atoms with van der Waals surface area (Å²) in [6, 6.07) is 0.781. The molecule has 18 heavy (non-hydrogen) atoms. The number of hydrogen-bond donors (Lipinski definition) is 1. The van der Waals surface area contributed by atoms with Crippen molar-refractivity contribution in [2.45, 2.75) is 52.2 Å². The first-order valence-electron chi connectivity index (χ1n) is 7.02. The van der Waals surface area contributed by atoms with Gasteiger partial charge in [0, 0.05) is 25.3 Å². The van der Waals surface area contributed by atoms with Gasteiger partial charge in [0.2, 0.25) is 0 Å². The third-order valence-electron chi connectivity index (χ3n) is 3.37. The zero-order chi connectivity index (χ0) is 13.0. The molecule has 0 amide bonds. The van der Waals surface area contributed by atoms with Gasteiger partial charge in [-0.05, 0) is 31.7 Å². The van der Waals surface area contributed by atoms with Gasteiger partial charge in [-0.25, -0.2) is 0 Å². The first-order valence-corrected chi connectivity index (χ1v) is 7.02. The van der Waals surface area contributed by atoms with E-state index in [0.29, 0.717) is 6.54 Å². The lowest BCUT2D eigenvalue weighted by Crippen LogP contribution is -2.27. The number of hydrogen-bond acceptors (Lipinski definition) is 4. The fourth-order valence-electron chi connectivity index (χ4n) is 2.12. The van der Waals surface area contributed by atoms with Gasteiger partial charge in [-0.1, -0.05) is 19.1 Å². The van der Waals surface area contributed by atoms with Gasteiger partial charge in [-0.3, -0.25) is 9.58 Å². The van der Waals surface area contributed by atoms with E-state index in [9.17, 15) is 0 Å². The van der Waals surface area contributed by atoms with Crippen LogP contribution in [0.3, 0.4) is 0 Å². The van der Waals surface area contributed by atoms with E-state index >= 15 is 0 Å². The summed E-state index contributed by atoms with van der Waals surface area (Å²) in [6.07, 6.45) is 5.97. The van der Waals surface area contributed by atoms with Crippen molar-refractivity contribution in [1.29, 1.82) is 0 Å². The summed E-state index contributed by atoms with van der Waals surface area (Å²) in [4.78, 5) is 2.55. The zero-order valence-corrected chi connectivity index (χ0v) is 11.5. The Balaban J connectivity index is 1.86. The first-order chi connectivity index (χ1) is 8.69. The van der Waals surface area contributed by atoms with E-state index in [4.69, 9.17) is 5.73 Å². The number of aromatic nitrogens is 3. The molecule has 0 unspecified atom stereocenters. The molecule has 0 spiro atoms. The molecule has 1 aromatic rings. The summed E-state index contributed by atoms with van der Waals surface area (Å²) in [5.74, 6) is 0.763. The fraction of sp³-hybridized carbons (Fsp3) is 0.846. The van der Waals surface area contributed by atoms with Gasteiger partial charge in [0.25, 0.3) is 0 Å². The van der Waals surface area contributed by atoms with Gasteiger partial charge in [0.1, 0.15) is 0 Å². The van der Waals surface area contributed by atoms with Crippen LogP contribution >= 0.6 is 0 Å². The summed E-state index contributed by atoms with van der Waals surface area (Å²) < 4.78 is 1.84. The molecule has 0 saturated heterocycles. The minimum atomic E-state index is 0.614. The minimum Gasteiger partial charge on any atom is -0.329 e. The highest BCUT2D eigenvalue weighted by Gasteiger charge is 2.29. The monoisotopic (exact) mass is 251 g/mol. The molecule has 0 radical (unpaired) electrons. The Kier molecular flexibility index (Phi) is 4.72. The highest BCUT2D eigenvalue weighted by atomic mass is 15.4. The van der Waals surface area contributed by atoms with E-state index in [2.05, 4.69) is 29.1 Å². The van der Waals surface area contributed by atoms with Crippen molar-refractivity contribution in [3.63, 3.8) is 0 Å². The maximum atomic E-state index is 5.51. The van der Waals surface area contributed by atoms with Crippen molar-refractivity contribution in [2.75, 3.05) is 13.1 Å². The third-order valence-corrected chi connectivity index (χ3v) is 3.37. The second-order valence-electron chi connectivity index (χ2n) is 5.65. The van der Waals surface area contributed by atoms with Crippen LogP contribution in [-0.4, -0.2) is 39.0 Å². The van der Waals surface area contributed by atoms with Crippen LogP contribution in [0.5, 0.6) is 0 Å². The largest absolute Gasteiger partial charge is 0.329 e. The minimum absolute atomic E-state index is 0.614. The van der Waals surface area contributed by atoms with Crippen molar-refractivity contribution in [3.8, 4) is 0 Å². The standard InChI is InChI=1S/C13H25N5/c1-11(2)5-7-17(13-3-4-13)9-12-10-18(8-6-14)16-15-12/h10-11,13H,3-9,14H2,1-2H3. The Morgan fingerprint density at radius 3 is 2.89 bits per heavy atom. The Morgan fingerprint density at radius 2 is 2.28 bits per heavy atom. The third kappa shape index (κ3) is 4.07. The Hall–Kier alpha value is -0.940. The van der Waals surface area contributed by atoms with Gasteiger partial charge >= 0.3 is 0 Å². The molecule has 5 heteroatoms. The molecule has 0 bridgehead atoms. The lowest BCUT2D eigenvalue weighted by molar-refractivity contribution is 0.236. The van der Waals surface area contributed by atoms with Crippen LogP contribution in [0.4, 0.5) is 0 Å². The molecular weight excluding hydrogens is 226 g/mol. The van der Waals surface area contributed by atoms with Gasteiger partial charge in [-0.2, -0.15) is 0 Å². The molecule has 1 aliphatic carbocycles. The molecule has 5 nitrogen and oxygen atoms in total. The number of nitrogens with two attached hydrogens (primary N) is 1. The Labute approximate surface area is 109 Å². The summed E-state index contributed by atoms with van der Waals surface area (Å²) in [6.45, 7) is 8.03. The van der Waals surface area contributed by atoms with E-state index in [0.717, 1.165) is 30.7 Å². The topological polar surface area (TPSA) is 60.0 Å². The molecule has 2 N–H and O–H groups in total. The normalized spacial score (nSPS) is 15.8. The van der Waals surface area contributed by atoms with E-state index in [-0.39, 0.29) is 0 Å². The fourth-order valence-corrected chi connectivity index (χ4v) is 2.12. The van der Waals surface area contributed by atoms with Gasteiger partial charge in [-0.15, -0.1) is 5.10 Å². The summed E-state index contributed by atoms with van der Waals surface area (Å²) in [5.41, 5.74) is 6.58. The van der Waals surface area contributed by atoms with Crippen LogP contribution in [0.2, 0.25) is 0 Å². The highest BCUT2D eigenvalue weighted by molar-refractivity contribution is 4.95. The predicted octanol–water partition coefficient (Wildman–Crippen LogP) is 1.25. The van der Waals surface area contributed by atoms with Crippen molar-refractivity contribution in [2.24, 2.45) is 11.7 Å². The molecule has 1 heterocycles. The van der Waals surface area contributed by atoms with E-state index in [1.807, 2.05) is 10.9 Å². The molecule has 0 aromatic carbocycles. The highest BCUT2D eigenvalue weighted by Crippen LogP contribution is 2.28. The van der Waals surface area contributed by atoms with Crippen LogP contribution in [0.1, 0.15) is 38.8 Å². The lowest BCUT2D eigenvalue weighted by atomic mass is 10.1. The molecule has 102 valence electrons. The predicted molar refractivity (Wildman–Crippen MR) is 72.0 cm³/mol. The van der Waals surface area contributed by atoms with Crippen LogP contribution in [0.25, 0.3) is 0 Å². The maximum Gasteiger partial charge on any atom is 0.0967 e. The second kappa shape index (κ2) is 6.29. The quantitative estimate of drug-likeness (QED) is 0.755. The van der Waals surface area contributed by atoms with Gasteiger partial charge < -0.3 is 5.73 Å². The average Bonchev–Trinajstić information content (AvgIpc) is 3.07. The van der Waals surface area contributed by atoms with Crippen molar-refractivity contribution >= 4 is 0 Å². The molecule has 0 atom stereocenters. The van der Waals surface area contributed by atoms with Crippen molar-refractivity contribution in [1.82, 2.24) is 19.9 Å². The average molecular weight is 251 g/mol. The Bertz CT molecular complexity index is 356. The lowest BCUT2D eigenvalue weighted by Gasteiger charge is -2.21. The molecule has 1 aliphatic rings. The van der Waals surface area contributed by atoms with Crippen LogP contribution in [0.15, 0.2) is 6.20 Å². The van der Waals surface area contributed by atoms with Crippen LogP contribution in [0, 0.1) is 5.92 Å². The van der Waals surface area contributed by atoms with E-state index in [1.165, 1.54) is 25.8 Å². The molecular formula is C13H25N5. The molecule has 1 saturated carbocycles.